The highest BCUT2D eigenvalue weighted by Crippen LogP contribution is 2.48. The Hall–Kier alpha value is -2.39. The minimum absolute atomic E-state index is 0.0426. The number of hydrogen-bond acceptors (Lipinski definition) is 6. The molecule has 1 amide bonds. The van der Waals surface area contributed by atoms with Gasteiger partial charge in [0.25, 0.3) is 0 Å². The van der Waals surface area contributed by atoms with Crippen molar-refractivity contribution in [3.05, 3.63) is 63.3 Å². The normalized spacial score (nSPS) is 22.0. The van der Waals surface area contributed by atoms with Gasteiger partial charge in [-0.3, -0.25) is 9.36 Å². The van der Waals surface area contributed by atoms with Crippen molar-refractivity contribution >= 4 is 48.6 Å². The first-order valence-electron chi connectivity index (χ1n) is 13.8. The van der Waals surface area contributed by atoms with Gasteiger partial charge in [-0.15, -0.1) is 0 Å². The molecule has 2 aliphatic carbocycles. The molecule has 3 aromatic rings. The Kier molecular flexibility index (Phi) is 7.96. The molecule has 9 nitrogen and oxygen atoms in total. The monoisotopic (exact) mass is 619 g/mol. The van der Waals surface area contributed by atoms with Crippen LogP contribution >= 0.6 is 30.8 Å². The van der Waals surface area contributed by atoms with Gasteiger partial charge in [0, 0.05) is 53.5 Å². The average Bonchev–Trinajstić information content (AvgIpc) is 3.37. The fourth-order valence-corrected chi connectivity index (χ4v) is 7.32. The minimum Gasteiger partial charge on any atom is -0.373 e. The maximum Gasteiger partial charge on any atom is 0.327 e. The molecule has 3 atom stereocenters. The molecule has 1 saturated heterocycles. The van der Waals surface area contributed by atoms with E-state index in [1.807, 2.05) is 31.2 Å². The lowest BCUT2D eigenvalue weighted by molar-refractivity contribution is -0.107. The number of carbonyl (C=O) groups is 1. The molecule has 0 unspecified atom stereocenters. The second-order valence-electron chi connectivity index (χ2n) is 11.3. The molecular formula is C29H32Cl2N3O6P. The predicted molar refractivity (Wildman–Crippen MR) is 158 cm³/mol. The number of fused-ring (bicyclic) bond motifs is 2. The van der Waals surface area contributed by atoms with Crippen LogP contribution in [-0.4, -0.2) is 52.8 Å². The Morgan fingerprint density at radius 2 is 1.95 bits per heavy atom. The summed E-state index contributed by atoms with van der Waals surface area (Å²) >= 11 is 13.0. The third-order valence-electron chi connectivity index (χ3n) is 8.47. The van der Waals surface area contributed by atoms with E-state index in [9.17, 15) is 19.1 Å². The van der Waals surface area contributed by atoms with Gasteiger partial charge in [-0.1, -0.05) is 34.4 Å². The molecule has 0 radical (unpaired) electrons. The number of amides is 1. The van der Waals surface area contributed by atoms with Gasteiger partial charge in [0.05, 0.1) is 28.9 Å². The highest BCUT2D eigenvalue weighted by molar-refractivity contribution is 7.51. The third-order valence-corrected chi connectivity index (χ3v) is 9.88. The summed E-state index contributed by atoms with van der Waals surface area (Å²) in [5, 5.41) is 5.44. The zero-order valence-electron chi connectivity index (χ0n) is 22.6. The Balaban J connectivity index is 1.13. The lowest BCUT2D eigenvalue weighted by atomic mass is 10.0. The molecule has 2 N–H and O–H groups in total. The fourth-order valence-electron chi connectivity index (χ4n) is 6.27. The molecule has 2 heterocycles. The molecule has 2 aromatic carbocycles. The number of halogens is 2. The van der Waals surface area contributed by atoms with Crippen LogP contribution in [0.1, 0.15) is 48.5 Å². The van der Waals surface area contributed by atoms with Crippen LogP contribution in [0.3, 0.4) is 0 Å². The van der Waals surface area contributed by atoms with E-state index in [0.717, 1.165) is 54.8 Å². The van der Waals surface area contributed by atoms with Gasteiger partial charge in [-0.05, 0) is 68.5 Å². The SMILES string of the molecule is Cc1cc(N(C=O)CCP(=O)(O)O)ccc1N1C[C@@H]2C[C@H]1C[C@H]2OCc1c(-c2c(Cl)cccc2Cl)noc1C1CC1. The predicted octanol–water partition coefficient (Wildman–Crippen LogP) is 6.16. The zero-order chi connectivity index (χ0) is 28.9. The van der Waals surface area contributed by atoms with Crippen LogP contribution in [0, 0.1) is 12.8 Å². The Morgan fingerprint density at radius 1 is 1.20 bits per heavy atom. The van der Waals surface area contributed by atoms with E-state index in [2.05, 4.69) is 10.1 Å². The summed E-state index contributed by atoms with van der Waals surface area (Å²) in [6.07, 6.45) is 4.44. The molecule has 1 aromatic heterocycles. The fraction of sp³-hybridized carbons (Fsp3) is 0.448. The number of anilines is 2. The Morgan fingerprint density at radius 3 is 2.56 bits per heavy atom. The largest absolute Gasteiger partial charge is 0.373 e. The third kappa shape index (κ3) is 5.94. The van der Waals surface area contributed by atoms with Crippen molar-refractivity contribution in [1.29, 1.82) is 0 Å². The van der Waals surface area contributed by atoms with Crippen molar-refractivity contribution in [2.75, 3.05) is 29.1 Å². The van der Waals surface area contributed by atoms with Gasteiger partial charge in [-0.25, -0.2) is 0 Å². The van der Waals surface area contributed by atoms with E-state index in [1.54, 1.807) is 12.1 Å². The van der Waals surface area contributed by atoms with Crippen molar-refractivity contribution in [2.45, 2.75) is 57.3 Å². The summed E-state index contributed by atoms with van der Waals surface area (Å²) in [6, 6.07) is 11.5. The van der Waals surface area contributed by atoms with Crippen LogP contribution in [0.5, 0.6) is 0 Å². The van der Waals surface area contributed by atoms with Gasteiger partial charge < -0.3 is 28.8 Å². The number of rotatable bonds is 11. The molecule has 2 saturated carbocycles. The van der Waals surface area contributed by atoms with Crippen LogP contribution in [-0.2, 0) is 20.7 Å². The maximum absolute atomic E-state index is 11.6. The summed E-state index contributed by atoms with van der Waals surface area (Å²) in [5.41, 5.74) is 5.01. The molecule has 6 rings (SSSR count). The summed E-state index contributed by atoms with van der Waals surface area (Å²) < 4.78 is 23.6. The van der Waals surface area contributed by atoms with E-state index in [-0.39, 0.29) is 18.8 Å². The molecule has 41 heavy (non-hydrogen) atoms. The second kappa shape index (κ2) is 11.4. The van der Waals surface area contributed by atoms with E-state index in [4.69, 9.17) is 32.5 Å². The molecular weight excluding hydrogens is 588 g/mol. The Labute approximate surface area is 248 Å². The van der Waals surface area contributed by atoms with Crippen molar-refractivity contribution in [1.82, 2.24) is 5.16 Å². The number of ether oxygens (including phenoxy) is 1. The van der Waals surface area contributed by atoms with Crippen LogP contribution in [0.2, 0.25) is 10.0 Å². The first kappa shape index (κ1) is 28.7. The number of aromatic nitrogens is 1. The van der Waals surface area contributed by atoms with E-state index in [1.165, 1.54) is 4.90 Å². The summed E-state index contributed by atoms with van der Waals surface area (Å²) in [5.74, 6) is 1.62. The quantitative estimate of drug-likeness (QED) is 0.194. The number of piperidine rings is 1. The van der Waals surface area contributed by atoms with Gasteiger partial charge in [-0.2, -0.15) is 0 Å². The lowest BCUT2D eigenvalue weighted by Gasteiger charge is -2.34. The first-order valence-corrected chi connectivity index (χ1v) is 16.4. The number of nitrogens with zero attached hydrogens (tertiary/aromatic N) is 3. The Bertz CT molecular complexity index is 1490. The molecule has 2 bridgehead atoms. The number of hydrogen-bond donors (Lipinski definition) is 2. The lowest BCUT2D eigenvalue weighted by Crippen LogP contribution is -2.39. The number of benzene rings is 2. The molecule has 3 aliphatic rings. The highest BCUT2D eigenvalue weighted by Gasteiger charge is 2.46. The van der Waals surface area contributed by atoms with Crippen LogP contribution in [0.4, 0.5) is 11.4 Å². The summed E-state index contributed by atoms with van der Waals surface area (Å²) in [4.78, 5) is 33.7. The standard InChI is InChI=1S/C29H32Cl2N3O6P/c1-17-11-20(33(16-35)9-10-41(36,37)38)7-8-25(17)34-14-19-12-21(34)13-26(19)39-15-22-28(32-40-29(22)18-5-6-18)27-23(30)3-2-4-24(27)31/h2-4,7-8,11,16,18-19,21,26H,5-6,9-10,12-15H2,1H3,(H2,36,37,38)/t19-,21-,26+/m0/s1. The molecule has 12 heteroatoms. The van der Waals surface area contributed by atoms with Crippen LogP contribution < -0.4 is 9.80 Å². The van der Waals surface area contributed by atoms with Gasteiger partial charge >= 0.3 is 7.60 Å². The minimum atomic E-state index is -4.20. The van der Waals surface area contributed by atoms with E-state index < -0.39 is 7.60 Å². The summed E-state index contributed by atoms with van der Waals surface area (Å²) in [7, 11) is -4.20. The topological polar surface area (TPSA) is 116 Å². The van der Waals surface area contributed by atoms with E-state index in [0.29, 0.717) is 57.9 Å². The smallest absolute Gasteiger partial charge is 0.327 e. The van der Waals surface area contributed by atoms with Gasteiger partial charge in [0.15, 0.2) is 0 Å². The zero-order valence-corrected chi connectivity index (χ0v) is 25.0. The van der Waals surface area contributed by atoms with Crippen molar-refractivity contribution in [2.24, 2.45) is 5.92 Å². The van der Waals surface area contributed by atoms with Gasteiger partial charge in [0.2, 0.25) is 6.41 Å². The highest BCUT2D eigenvalue weighted by atomic mass is 35.5. The second-order valence-corrected chi connectivity index (χ2v) is 13.9. The number of aryl methyl sites for hydroxylation is 1. The van der Waals surface area contributed by atoms with Crippen molar-refractivity contribution < 1.29 is 28.4 Å². The maximum atomic E-state index is 11.6. The first-order chi connectivity index (χ1) is 19.6. The van der Waals surface area contributed by atoms with Gasteiger partial charge in [0.1, 0.15) is 11.5 Å². The van der Waals surface area contributed by atoms with Crippen LogP contribution in [0.25, 0.3) is 11.3 Å². The number of carbonyl (C=O) groups excluding carboxylic acids is 1. The molecule has 3 fully saturated rings. The van der Waals surface area contributed by atoms with Crippen molar-refractivity contribution in [3.63, 3.8) is 0 Å². The van der Waals surface area contributed by atoms with Crippen molar-refractivity contribution in [3.8, 4) is 11.3 Å². The average molecular weight is 620 g/mol. The summed E-state index contributed by atoms with van der Waals surface area (Å²) in [6.45, 7) is 3.22. The van der Waals surface area contributed by atoms with E-state index >= 15 is 0 Å². The molecule has 1 aliphatic heterocycles. The molecule has 0 spiro atoms. The van der Waals surface area contributed by atoms with Crippen LogP contribution in [0.15, 0.2) is 40.9 Å². The molecule has 218 valence electrons.